The molecule has 3 rings (SSSR count). The predicted octanol–water partition coefficient (Wildman–Crippen LogP) is 1.73. The van der Waals surface area contributed by atoms with Crippen molar-refractivity contribution in [2.45, 2.75) is 26.3 Å². The lowest BCUT2D eigenvalue weighted by molar-refractivity contribution is 0.0382. The lowest BCUT2D eigenvalue weighted by atomic mass is 9.83. The molecular formula is C15H20N4O2. The fourth-order valence-electron chi connectivity index (χ4n) is 2.81. The molecule has 0 spiro atoms. The number of nitrogens with zero attached hydrogens (tertiary/aromatic N) is 4. The van der Waals surface area contributed by atoms with Gasteiger partial charge in [0.2, 0.25) is 11.7 Å². The highest BCUT2D eigenvalue weighted by molar-refractivity contribution is 5.51. The van der Waals surface area contributed by atoms with Gasteiger partial charge in [-0.2, -0.15) is 4.98 Å². The van der Waals surface area contributed by atoms with Crippen LogP contribution in [0.1, 0.15) is 25.7 Å². The third-order valence-electron chi connectivity index (χ3n) is 3.99. The van der Waals surface area contributed by atoms with Crippen molar-refractivity contribution in [2.75, 3.05) is 19.7 Å². The van der Waals surface area contributed by atoms with Gasteiger partial charge in [-0.3, -0.25) is 9.88 Å². The fraction of sp³-hybridized carbons (Fsp3) is 0.533. The second-order valence-corrected chi connectivity index (χ2v) is 6.04. The molecule has 112 valence electrons. The van der Waals surface area contributed by atoms with Gasteiger partial charge in [0.15, 0.2) is 0 Å². The molecule has 1 aliphatic heterocycles. The molecule has 2 aromatic heterocycles. The van der Waals surface area contributed by atoms with E-state index >= 15 is 0 Å². The summed E-state index contributed by atoms with van der Waals surface area (Å²) in [4.78, 5) is 10.7. The highest BCUT2D eigenvalue weighted by Gasteiger charge is 2.31. The third-order valence-corrected chi connectivity index (χ3v) is 3.99. The van der Waals surface area contributed by atoms with Gasteiger partial charge in [-0.25, -0.2) is 0 Å². The molecule has 6 heteroatoms. The van der Waals surface area contributed by atoms with Gasteiger partial charge in [0.25, 0.3) is 0 Å². The fourth-order valence-corrected chi connectivity index (χ4v) is 2.81. The van der Waals surface area contributed by atoms with Gasteiger partial charge in [-0.1, -0.05) is 12.1 Å². The molecule has 6 nitrogen and oxygen atoms in total. The average Bonchev–Trinajstić information content (AvgIpc) is 2.97. The number of piperidine rings is 1. The highest BCUT2D eigenvalue weighted by Crippen LogP contribution is 2.29. The van der Waals surface area contributed by atoms with Crippen molar-refractivity contribution in [3.05, 3.63) is 30.4 Å². The van der Waals surface area contributed by atoms with E-state index in [9.17, 15) is 5.11 Å². The zero-order chi connectivity index (χ0) is 14.7. The number of aliphatic hydroxyl groups excluding tert-OH is 1. The molecule has 1 saturated heterocycles. The monoisotopic (exact) mass is 288 g/mol. The summed E-state index contributed by atoms with van der Waals surface area (Å²) in [6.07, 6.45) is 5.58. The molecule has 1 unspecified atom stereocenters. The normalized spacial score (nSPS) is 23.3. The quantitative estimate of drug-likeness (QED) is 0.923. The van der Waals surface area contributed by atoms with Gasteiger partial charge in [0.05, 0.1) is 6.54 Å². The number of pyridine rings is 1. The van der Waals surface area contributed by atoms with Gasteiger partial charge < -0.3 is 9.63 Å². The van der Waals surface area contributed by atoms with E-state index in [1.54, 1.807) is 12.4 Å². The van der Waals surface area contributed by atoms with Crippen LogP contribution in [0.2, 0.25) is 0 Å². The van der Waals surface area contributed by atoms with Gasteiger partial charge in [-0.15, -0.1) is 0 Å². The van der Waals surface area contributed by atoms with E-state index < -0.39 is 0 Å². The number of hydrogen-bond donors (Lipinski definition) is 1. The summed E-state index contributed by atoms with van der Waals surface area (Å²) in [6.45, 7) is 4.82. The van der Waals surface area contributed by atoms with Crippen LogP contribution in [-0.2, 0) is 6.54 Å². The number of rotatable bonds is 4. The van der Waals surface area contributed by atoms with Crippen molar-refractivity contribution in [2.24, 2.45) is 5.41 Å². The van der Waals surface area contributed by atoms with E-state index in [0.29, 0.717) is 18.3 Å². The predicted molar refractivity (Wildman–Crippen MR) is 77.2 cm³/mol. The van der Waals surface area contributed by atoms with Crippen molar-refractivity contribution in [3.63, 3.8) is 0 Å². The number of hydrogen-bond acceptors (Lipinski definition) is 6. The molecule has 0 saturated carbocycles. The van der Waals surface area contributed by atoms with Crippen LogP contribution in [0.4, 0.5) is 0 Å². The van der Waals surface area contributed by atoms with Crippen LogP contribution in [0.3, 0.4) is 0 Å². The zero-order valence-corrected chi connectivity index (χ0v) is 12.2. The van der Waals surface area contributed by atoms with Crippen molar-refractivity contribution in [3.8, 4) is 11.4 Å². The minimum Gasteiger partial charge on any atom is -0.396 e. The van der Waals surface area contributed by atoms with Crippen LogP contribution in [0.15, 0.2) is 29.0 Å². The summed E-state index contributed by atoms with van der Waals surface area (Å²) < 4.78 is 5.33. The second kappa shape index (κ2) is 5.91. The largest absolute Gasteiger partial charge is 0.396 e. The topological polar surface area (TPSA) is 75.3 Å². The first-order valence-corrected chi connectivity index (χ1v) is 7.25. The molecular weight excluding hydrogens is 268 g/mol. The summed E-state index contributed by atoms with van der Waals surface area (Å²) in [6, 6.07) is 3.76. The number of likely N-dealkylation sites (tertiary alicyclic amines) is 1. The van der Waals surface area contributed by atoms with Gasteiger partial charge in [0, 0.05) is 36.5 Å². The summed E-state index contributed by atoms with van der Waals surface area (Å²) >= 11 is 0. The van der Waals surface area contributed by atoms with Gasteiger partial charge in [-0.05, 0) is 31.5 Å². The molecule has 0 amide bonds. The first-order valence-electron chi connectivity index (χ1n) is 7.25. The standard InChI is InChI=1S/C15H20N4O2/c1-15(11-20)5-3-7-19(10-15)9-13-17-14(18-21-13)12-4-2-6-16-8-12/h2,4,6,8,20H,3,5,7,9-11H2,1H3. The van der Waals surface area contributed by atoms with E-state index in [2.05, 4.69) is 26.9 Å². The smallest absolute Gasteiger partial charge is 0.241 e. The lowest BCUT2D eigenvalue weighted by Gasteiger charge is -2.38. The van der Waals surface area contributed by atoms with E-state index in [4.69, 9.17) is 4.52 Å². The maximum Gasteiger partial charge on any atom is 0.241 e. The number of aromatic nitrogens is 3. The Kier molecular flexibility index (Phi) is 3.98. The molecule has 0 radical (unpaired) electrons. The average molecular weight is 288 g/mol. The Morgan fingerprint density at radius 2 is 2.38 bits per heavy atom. The molecule has 1 atom stereocenters. The molecule has 0 bridgehead atoms. The third kappa shape index (κ3) is 3.28. The van der Waals surface area contributed by atoms with Crippen molar-refractivity contribution >= 4 is 0 Å². The van der Waals surface area contributed by atoms with E-state index in [-0.39, 0.29) is 12.0 Å². The lowest BCUT2D eigenvalue weighted by Crippen LogP contribution is -2.43. The van der Waals surface area contributed by atoms with E-state index in [1.807, 2.05) is 12.1 Å². The Morgan fingerprint density at radius 3 is 3.14 bits per heavy atom. The van der Waals surface area contributed by atoms with Crippen LogP contribution < -0.4 is 0 Å². The first-order chi connectivity index (χ1) is 10.2. The Balaban J connectivity index is 1.67. The maximum atomic E-state index is 9.50. The highest BCUT2D eigenvalue weighted by atomic mass is 16.5. The van der Waals surface area contributed by atoms with Crippen LogP contribution in [0.5, 0.6) is 0 Å². The van der Waals surface area contributed by atoms with E-state index in [1.165, 1.54) is 0 Å². The molecule has 2 aromatic rings. The van der Waals surface area contributed by atoms with Crippen molar-refractivity contribution < 1.29 is 9.63 Å². The molecule has 1 fully saturated rings. The summed E-state index contributed by atoms with van der Waals surface area (Å²) in [5.74, 6) is 1.18. The molecule has 0 aromatic carbocycles. The number of aliphatic hydroxyl groups is 1. The van der Waals surface area contributed by atoms with Gasteiger partial charge in [0.1, 0.15) is 0 Å². The van der Waals surface area contributed by atoms with Gasteiger partial charge >= 0.3 is 0 Å². The molecule has 1 N–H and O–H groups in total. The van der Waals surface area contributed by atoms with Crippen LogP contribution >= 0.6 is 0 Å². The Labute approximate surface area is 123 Å². The van der Waals surface area contributed by atoms with Crippen molar-refractivity contribution in [1.82, 2.24) is 20.0 Å². The zero-order valence-electron chi connectivity index (χ0n) is 12.2. The van der Waals surface area contributed by atoms with Crippen LogP contribution in [0.25, 0.3) is 11.4 Å². The van der Waals surface area contributed by atoms with Crippen molar-refractivity contribution in [1.29, 1.82) is 0 Å². The minimum atomic E-state index is -0.0234. The summed E-state index contributed by atoms with van der Waals surface area (Å²) in [5, 5.41) is 13.5. The summed E-state index contributed by atoms with van der Waals surface area (Å²) in [5.41, 5.74) is 0.830. The molecule has 0 aliphatic carbocycles. The Hall–Kier alpha value is -1.79. The maximum absolute atomic E-state index is 9.50. The molecule has 1 aliphatic rings. The Bertz CT molecular complexity index is 586. The molecule has 3 heterocycles. The minimum absolute atomic E-state index is 0.0234. The van der Waals surface area contributed by atoms with Crippen LogP contribution in [-0.4, -0.2) is 44.8 Å². The Morgan fingerprint density at radius 1 is 1.48 bits per heavy atom. The second-order valence-electron chi connectivity index (χ2n) is 6.04. The first kappa shape index (κ1) is 14.2. The SMILES string of the molecule is CC1(CO)CCCN(Cc2nc(-c3cccnc3)no2)C1. The van der Waals surface area contributed by atoms with E-state index in [0.717, 1.165) is 31.5 Å². The summed E-state index contributed by atoms with van der Waals surface area (Å²) in [7, 11) is 0. The molecule has 21 heavy (non-hydrogen) atoms. The van der Waals surface area contributed by atoms with Crippen LogP contribution in [0, 0.1) is 5.41 Å².